The van der Waals surface area contributed by atoms with Crippen molar-refractivity contribution in [2.45, 2.75) is 6.61 Å². The van der Waals surface area contributed by atoms with Gasteiger partial charge in [-0.1, -0.05) is 12.1 Å². The van der Waals surface area contributed by atoms with Gasteiger partial charge in [-0.05, 0) is 12.1 Å². The summed E-state index contributed by atoms with van der Waals surface area (Å²) in [6.45, 7) is -0.0327. The minimum atomic E-state index is -0.780. The highest BCUT2D eigenvalue weighted by atomic mass is 19.1. The molecule has 0 aliphatic carbocycles. The number of nitrogens with zero attached hydrogens (tertiary/aromatic N) is 2. The lowest BCUT2D eigenvalue weighted by molar-refractivity contribution is -0.386. The van der Waals surface area contributed by atoms with Gasteiger partial charge in [0, 0.05) is 17.8 Å². The van der Waals surface area contributed by atoms with E-state index in [1.807, 2.05) is 0 Å². The number of nitro benzene ring substituents is 1. The summed E-state index contributed by atoms with van der Waals surface area (Å²) >= 11 is 0. The number of nitrogens with two attached hydrogens (primary N) is 1. The lowest BCUT2D eigenvalue weighted by atomic mass is 10.2. The Morgan fingerprint density at radius 1 is 1.37 bits per heavy atom. The lowest BCUT2D eigenvalue weighted by Crippen LogP contribution is -2.02. The number of nitro groups is 1. The van der Waals surface area contributed by atoms with E-state index in [4.69, 9.17) is 10.5 Å². The summed E-state index contributed by atoms with van der Waals surface area (Å²) in [4.78, 5) is 13.9. The van der Waals surface area contributed by atoms with Crippen molar-refractivity contribution in [3.8, 4) is 5.75 Å². The van der Waals surface area contributed by atoms with Crippen molar-refractivity contribution in [1.82, 2.24) is 4.98 Å². The van der Waals surface area contributed by atoms with E-state index >= 15 is 0 Å². The van der Waals surface area contributed by atoms with Crippen molar-refractivity contribution in [1.29, 1.82) is 0 Å². The fourth-order valence-corrected chi connectivity index (χ4v) is 1.46. The first-order valence-electron chi connectivity index (χ1n) is 5.34. The molecule has 1 aromatic heterocycles. The molecule has 0 amide bonds. The number of nitrogen functional groups attached to an aromatic ring is 1. The normalized spacial score (nSPS) is 10.2. The molecule has 98 valence electrons. The van der Waals surface area contributed by atoms with E-state index in [1.165, 1.54) is 18.3 Å². The van der Waals surface area contributed by atoms with Crippen LogP contribution in [0.4, 0.5) is 15.9 Å². The molecule has 0 unspecified atom stereocenters. The maximum atomic E-state index is 13.5. The molecule has 0 saturated carbocycles. The molecule has 2 aromatic rings. The molecule has 0 aliphatic heterocycles. The van der Waals surface area contributed by atoms with E-state index in [2.05, 4.69) is 4.98 Å². The Morgan fingerprint density at radius 2 is 2.16 bits per heavy atom. The number of benzene rings is 1. The summed E-state index contributed by atoms with van der Waals surface area (Å²) in [5, 5.41) is 10.8. The molecule has 0 fully saturated rings. The Hall–Kier alpha value is -2.70. The third kappa shape index (κ3) is 2.95. The zero-order chi connectivity index (χ0) is 13.8. The van der Waals surface area contributed by atoms with Crippen LogP contribution in [0.1, 0.15) is 5.56 Å². The number of pyridine rings is 1. The van der Waals surface area contributed by atoms with Crippen LogP contribution in [0.3, 0.4) is 0 Å². The smallest absolute Gasteiger partial charge is 0.314 e. The topological polar surface area (TPSA) is 91.3 Å². The number of halogens is 1. The maximum Gasteiger partial charge on any atom is 0.314 e. The molecule has 0 bridgehead atoms. The molecule has 7 heteroatoms. The van der Waals surface area contributed by atoms with Crippen molar-refractivity contribution in [3.63, 3.8) is 0 Å². The maximum absolute atomic E-state index is 13.5. The summed E-state index contributed by atoms with van der Waals surface area (Å²) in [6, 6.07) is 6.75. The highest BCUT2D eigenvalue weighted by Gasteiger charge is 2.19. The zero-order valence-corrected chi connectivity index (χ0v) is 9.75. The number of ether oxygens (including phenoxy) is 1. The van der Waals surface area contributed by atoms with Crippen LogP contribution < -0.4 is 10.5 Å². The average molecular weight is 263 g/mol. The van der Waals surface area contributed by atoms with Crippen molar-refractivity contribution in [2.24, 2.45) is 0 Å². The first-order chi connectivity index (χ1) is 9.08. The molecule has 1 aromatic carbocycles. The first kappa shape index (κ1) is 12.7. The fourth-order valence-electron chi connectivity index (χ4n) is 1.46. The average Bonchev–Trinajstić information content (AvgIpc) is 2.39. The van der Waals surface area contributed by atoms with E-state index < -0.39 is 16.4 Å². The van der Waals surface area contributed by atoms with Gasteiger partial charge < -0.3 is 10.5 Å². The summed E-state index contributed by atoms with van der Waals surface area (Å²) in [5.74, 6) is -0.817. The Kier molecular flexibility index (Phi) is 3.56. The lowest BCUT2D eigenvalue weighted by Gasteiger charge is -2.07. The second kappa shape index (κ2) is 5.30. The van der Waals surface area contributed by atoms with Crippen molar-refractivity contribution in [3.05, 3.63) is 58.0 Å². The molecule has 0 radical (unpaired) electrons. The van der Waals surface area contributed by atoms with Gasteiger partial charge in [0.2, 0.25) is 5.75 Å². The Balaban J connectivity index is 2.19. The monoisotopic (exact) mass is 263 g/mol. The summed E-state index contributed by atoms with van der Waals surface area (Å²) in [6.07, 6.45) is 1.46. The number of hydrogen-bond donors (Lipinski definition) is 1. The van der Waals surface area contributed by atoms with Gasteiger partial charge in [0.25, 0.3) is 0 Å². The van der Waals surface area contributed by atoms with Crippen LogP contribution in [0.5, 0.6) is 5.75 Å². The van der Waals surface area contributed by atoms with Gasteiger partial charge in [-0.15, -0.1) is 0 Å². The molecule has 0 saturated heterocycles. The van der Waals surface area contributed by atoms with Gasteiger partial charge in [0.15, 0.2) is 5.82 Å². The second-order valence-corrected chi connectivity index (χ2v) is 3.73. The predicted molar refractivity (Wildman–Crippen MR) is 66.0 cm³/mol. The Bertz CT molecular complexity index is 602. The van der Waals surface area contributed by atoms with Crippen LogP contribution in [0, 0.1) is 15.9 Å². The van der Waals surface area contributed by atoms with E-state index in [1.54, 1.807) is 12.1 Å². The number of rotatable bonds is 4. The SMILES string of the molecule is Nc1ccc(COc2c(F)cccc2[N+](=O)[O-])cn1. The van der Waals surface area contributed by atoms with Gasteiger partial charge in [0.1, 0.15) is 12.4 Å². The van der Waals surface area contributed by atoms with Gasteiger partial charge in [0.05, 0.1) is 4.92 Å². The number of hydrogen-bond acceptors (Lipinski definition) is 5. The van der Waals surface area contributed by atoms with Crippen LogP contribution in [-0.4, -0.2) is 9.91 Å². The highest BCUT2D eigenvalue weighted by molar-refractivity contribution is 5.47. The Labute approximate surface area is 107 Å². The predicted octanol–water partition coefficient (Wildman–Crippen LogP) is 2.29. The second-order valence-electron chi connectivity index (χ2n) is 3.73. The standard InChI is InChI=1S/C12H10FN3O3/c13-9-2-1-3-10(16(17)18)12(9)19-7-8-4-5-11(14)15-6-8/h1-6H,7H2,(H2,14,15). The van der Waals surface area contributed by atoms with Crippen molar-refractivity contribution < 1.29 is 14.1 Å². The molecule has 0 spiro atoms. The summed E-state index contributed by atoms with van der Waals surface area (Å²) in [5.41, 5.74) is 5.64. The van der Waals surface area contributed by atoms with Crippen LogP contribution in [0.15, 0.2) is 36.5 Å². The van der Waals surface area contributed by atoms with Crippen LogP contribution in [0.2, 0.25) is 0 Å². The number of aromatic nitrogens is 1. The number of anilines is 1. The van der Waals surface area contributed by atoms with E-state index in [0.717, 1.165) is 6.07 Å². The van der Waals surface area contributed by atoms with Crippen LogP contribution in [0.25, 0.3) is 0 Å². The van der Waals surface area contributed by atoms with Crippen molar-refractivity contribution >= 4 is 11.5 Å². The zero-order valence-electron chi connectivity index (χ0n) is 9.75. The van der Waals surface area contributed by atoms with Crippen molar-refractivity contribution in [2.75, 3.05) is 5.73 Å². The molecular weight excluding hydrogens is 253 g/mol. The largest absolute Gasteiger partial charge is 0.480 e. The molecule has 2 rings (SSSR count). The van der Waals surface area contributed by atoms with Crippen LogP contribution in [-0.2, 0) is 6.61 Å². The summed E-state index contributed by atoms with van der Waals surface area (Å²) in [7, 11) is 0. The highest BCUT2D eigenvalue weighted by Crippen LogP contribution is 2.30. The molecule has 0 aliphatic rings. The van der Waals surface area contributed by atoms with Gasteiger partial charge in [-0.2, -0.15) is 0 Å². The van der Waals surface area contributed by atoms with Gasteiger partial charge in [-0.3, -0.25) is 10.1 Å². The minimum Gasteiger partial charge on any atom is -0.480 e. The van der Waals surface area contributed by atoms with Gasteiger partial charge in [-0.25, -0.2) is 9.37 Å². The van der Waals surface area contributed by atoms with E-state index in [9.17, 15) is 14.5 Å². The quantitative estimate of drug-likeness (QED) is 0.675. The van der Waals surface area contributed by atoms with E-state index in [0.29, 0.717) is 11.4 Å². The number of para-hydroxylation sites is 1. The third-order valence-electron chi connectivity index (χ3n) is 2.37. The third-order valence-corrected chi connectivity index (χ3v) is 2.37. The fraction of sp³-hybridized carbons (Fsp3) is 0.0833. The van der Waals surface area contributed by atoms with Crippen LogP contribution >= 0.6 is 0 Å². The molecule has 19 heavy (non-hydrogen) atoms. The Morgan fingerprint density at radius 3 is 2.79 bits per heavy atom. The van der Waals surface area contributed by atoms with E-state index in [-0.39, 0.29) is 12.4 Å². The molecular formula is C12H10FN3O3. The molecule has 2 N–H and O–H groups in total. The summed E-state index contributed by atoms with van der Waals surface area (Å²) < 4.78 is 18.7. The molecule has 6 nitrogen and oxygen atoms in total. The van der Waals surface area contributed by atoms with Gasteiger partial charge >= 0.3 is 5.69 Å². The molecule has 1 heterocycles. The first-order valence-corrected chi connectivity index (χ1v) is 5.34. The molecule has 0 atom stereocenters. The minimum absolute atomic E-state index is 0.0327.